The summed E-state index contributed by atoms with van der Waals surface area (Å²) < 4.78 is 2.57. The Balaban J connectivity index is 3.26. The van der Waals surface area contributed by atoms with Gasteiger partial charge in [0.25, 0.3) is 5.56 Å². The lowest BCUT2D eigenvalue weighted by atomic mass is 10.2. The first-order valence-corrected chi connectivity index (χ1v) is 6.73. The Morgan fingerprint density at radius 1 is 1.32 bits per heavy atom. The molecular weight excluding hydrogens is 244 g/mol. The molecular formula is C13H24N4O2. The average Bonchev–Trinajstić information content (AvgIpc) is 2.36. The van der Waals surface area contributed by atoms with E-state index in [0.717, 1.165) is 17.4 Å². The predicted octanol–water partition coefficient (Wildman–Crippen LogP) is 0.997. The fraction of sp³-hybridized carbons (Fsp3) is 0.692. The summed E-state index contributed by atoms with van der Waals surface area (Å²) in [6.07, 6.45) is 1.81. The average molecular weight is 268 g/mol. The third-order valence-electron chi connectivity index (χ3n) is 3.01. The SMILES string of the molecule is CCCCn1c(N)c(NCC(C)C)c(=O)n(C)c1=O. The van der Waals surface area contributed by atoms with Crippen LogP contribution in [0, 0.1) is 5.92 Å². The standard InChI is InChI=1S/C13H24N4O2/c1-5-6-7-17-11(14)10(15-8-9(2)3)12(18)16(4)13(17)19/h9,15H,5-8,14H2,1-4H3. The topological polar surface area (TPSA) is 82.0 Å². The van der Waals surface area contributed by atoms with Crippen LogP contribution in [0.1, 0.15) is 33.6 Å². The summed E-state index contributed by atoms with van der Waals surface area (Å²) >= 11 is 0. The summed E-state index contributed by atoms with van der Waals surface area (Å²) in [5.74, 6) is 0.627. The second-order valence-electron chi connectivity index (χ2n) is 5.19. The zero-order chi connectivity index (χ0) is 14.6. The van der Waals surface area contributed by atoms with Gasteiger partial charge in [0.05, 0.1) is 0 Å². The summed E-state index contributed by atoms with van der Waals surface area (Å²) in [5.41, 5.74) is 5.57. The van der Waals surface area contributed by atoms with E-state index in [9.17, 15) is 9.59 Å². The highest BCUT2D eigenvalue weighted by molar-refractivity contribution is 5.60. The third-order valence-corrected chi connectivity index (χ3v) is 3.01. The van der Waals surface area contributed by atoms with Crippen LogP contribution in [0.5, 0.6) is 0 Å². The quantitative estimate of drug-likeness (QED) is 0.806. The van der Waals surface area contributed by atoms with Gasteiger partial charge in [-0.1, -0.05) is 27.2 Å². The molecule has 0 aliphatic carbocycles. The lowest BCUT2D eigenvalue weighted by Crippen LogP contribution is -2.41. The van der Waals surface area contributed by atoms with Crippen molar-refractivity contribution in [3.63, 3.8) is 0 Å². The minimum absolute atomic E-state index is 0.238. The summed E-state index contributed by atoms with van der Waals surface area (Å²) in [4.78, 5) is 24.1. The van der Waals surface area contributed by atoms with Gasteiger partial charge in [-0.15, -0.1) is 0 Å². The molecule has 0 aliphatic rings. The maximum absolute atomic E-state index is 12.1. The first kappa shape index (κ1) is 15.3. The van der Waals surface area contributed by atoms with Crippen molar-refractivity contribution in [2.24, 2.45) is 13.0 Å². The molecule has 0 fully saturated rings. The number of nitrogens with zero attached hydrogens (tertiary/aromatic N) is 2. The van der Waals surface area contributed by atoms with E-state index in [4.69, 9.17) is 5.73 Å². The molecule has 0 bridgehead atoms. The Morgan fingerprint density at radius 3 is 2.47 bits per heavy atom. The van der Waals surface area contributed by atoms with Gasteiger partial charge in [-0.25, -0.2) is 4.79 Å². The highest BCUT2D eigenvalue weighted by atomic mass is 16.2. The number of nitrogens with two attached hydrogens (primary N) is 1. The lowest BCUT2D eigenvalue weighted by Gasteiger charge is -2.16. The van der Waals surface area contributed by atoms with Crippen molar-refractivity contribution in [2.75, 3.05) is 17.6 Å². The minimum atomic E-state index is -0.365. The normalized spacial score (nSPS) is 11.0. The number of unbranched alkanes of at least 4 members (excludes halogenated alkanes) is 1. The molecule has 0 unspecified atom stereocenters. The van der Waals surface area contributed by atoms with Gasteiger partial charge in [0.1, 0.15) is 11.5 Å². The van der Waals surface area contributed by atoms with Crippen LogP contribution >= 0.6 is 0 Å². The molecule has 0 radical (unpaired) electrons. The molecule has 0 spiro atoms. The predicted molar refractivity (Wildman–Crippen MR) is 78.6 cm³/mol. The molecule has 6 nitrogen and oxygen atoms in total. The second-order valence-corrected chi connectivity index (χ2v) is 5.19. The molecule has 0 amide bonds. The van der Waals surface area contributed by atoms with Crippen molar-refractivity contribution in [3.05, 3.63) is 20.8 Å². The fourth-order valence-electron chi connectivity index (χ4n) is 1.79. The zero-order valence-corrected chi connectivity index (χ0v) is 12.2. The van der Waals surface area contributed by atoms with Crippen molar-refractivity contribution in [1.29, 1.82) is 0 Å². The largest absolute Gasteiger partial charge is 0.383 e. The smallest absolute Gasteiger partial charge is 0.332 e. The molecule has 6 heteroatoms. The Morgan fingerprint density at radius 2 is 1.95 bits per heavy atom. The number of anilines is 2. The van der Waals surface area contributed by atoms with E-state index in [0.29, 0.717) is 24.7 Å². The van der Waals surface area contributed by atoms with Gasteiger partial charge in [0.2, 0.25) is 0 Å². The van der Waals surface area contributed by atoms with Crippen molar-refractivity contribution in [2.45, 2.75) is 40.2 Å². The van der Waals surface area contributed by atoms with E-state index in [2.05, 4.69) is 5.32 Å². The zero-order valence-electron chi connectivity index (χ0n) is 12.2. The van der Waals surface area contributed by atoms with Gasteiger partial charge in [0, 0.05) is 20.1 Å². The highest BCUT2D eigenvalue weighted by Gasteiger charge is 2.14. The van der Waals surface area contributed by atoms with Gasteiger partial charge < -0.3 is 11.1 Å². The number of hydrogen-bond acceptors (Lipinski definition) is 4. The Hall–Kier alpha value is -1.72. The molecule has 1 rings (SSSR count). The van der Waals surface area contributed by atoms with Gasteiger partial charge >= 0.3 is 5.69 Å². The minimum Gasteiger partial charge on any atom is -0.383 e. The summed E-state index contributed by atoms with van der Waals surface area (Å²) in [5, 5.41) is 3.05. The summed E-state index contributed by atoms with van der Waals surface area (Å²) in [7, 11) is 1.48. The van der Waals surface area contributed by atoms with Crippen LogP contribution in [0.15, 0.2) is 9.59 Å². The second kappa shape index (κ2) is 6.45. The van der Waals surface area contributed by atoms with Crippen LogP contribution in [-0.2, 0) is 13.6 Å². The molecule has 0 saturated heterocycles. The van der Waals surface area contributed by atoms with Crippen LogP contribution < -0.4 is 22.3 Å². The number of hydrogen-bond donors (Lipinski definition) is 2. The van der Waals surface area contributed by atoms with E-state index in [-0.39, 0.29) is 17.1 Å². The number of nitrogen functional groups attached to an aromatic ring is 1. The molecule has 0 saturated carbocycles. The number of rotatable bonds is 6. The van der Waals surface area contributed by atoms with Crippen LogP contribution in [0.3, 0.4) is 0 Å². The lowest BCUT2D eigenvalue weighted by molar-refractivity contribution is 0.574. The molecule has 3 N–H and O–H groups in total. The Bertz CT molecular complexity index is 543. The van der Waals surface area contributed by atoms with Crippen molar-refractivity contribution >= 4 is 11.5 Å². The Labute approximate surface area is 113 Å². The fourth-order valence-corrected chi connectivity index (χ4v) is 1.79. The number of aromatic nitrogens is 2. The molecule has 19 heavy (non-hydrogen) atoms. The van der Waals surface area contributed by atoms with E-state index in [1.54, 1.807) is 0 Å². The van der Waals surface area contributed by atoms with Crippen LogP contribution in [-0.4, -0.2) is 15.7 Å². The van der Waals surface area contributed by atoms with E-state index in [1.165, 1.54) is 11.6 Å². The molecule has 1 heterocycles. The molecule has 0 aliphatic heterocycles. The molecule has 1 aromatic rings. The van der Waals surface area contributed by atoms with Gasteiger partial charge in [0.15, 0.2) is 0 Å². The monoisotopic (exact) mass is 268 g/mol. The third kappa shape index (κ3) is 3.39. The van der Waals surface area contributed by atoms with Crippen LogP contribution in [0.2, 0.25) is 0 Å². The van der Waals surface area contributed by atoms with Crippen molar-refractivity contribution in [1.82, 2.24) is 9.13 Å². The van der Waals surface area contributed by atoms with Gasteiger partial charge in [-0.3, -0.25) is 13.9 Å². The maximum Gasteiger partial charge on any atom is 0.332 e. The van der Waals surface area contributed by atoms with E-state index in [1.807, 2.05) is 20.8 Å². The van der Waals surface area contributed by atoms with Gasteiger partial charge in [-0.05, 0) is 12.3 Å². The summed E-state index contributed by atoms with van der Waals surface area (Å²) in [6.45, 7) is 7.31. The number of nitrogens with one attached hydrogen (secondary N) is 1. The molecule has 0 aromatic carbocycles. The first-order chi connectivity index (χ1) is 8.90. The van der Waals surface area contributed by atoms with Crippen molar-refractivity contribution in [3.8, 4) is 0 Å². The summed E-state index contributed by atoms with van der Waals surface area (Å²) in [6, 6.07) is 0. The molecule has 0 atom stereocenters. The highest BCUT2D eigenvalue weighted by Crippen LogP contribution is 2.12. The van der Waals surface area contributed by atoms with E-state index < -0.39 is 0 Å². The Kier molecular flexibility index (Phi) is 5.20. The van der Waals surface area contributed by atoms with Crippen LogP contribution in [0.25, 0.3) is 0 Å². The first-order valence-electron chi connectivity index (χ1n) is 6.73. The maximum atomic E-state index is 12.1. The van der Waals surface area contributed by atoms with E-state index >= 15 is 0 Å². The van der Waals surface area contributed by atoms with Crippen molar-refractivity contribution < 1.29 is 0 Å². The van der Waals surface area contributed by atoms with Crippen LogP contribution in [0.4, 0.5) is 11.5 Å². The van der Waals surface area contributed by atoms with Gasteiger partial charge in [-0.2, -0.15) is 0 Å². The molecule has 108 valence electrons. The molecule has 1 aromatic heterocycles.